The maximum absolute atomic E-state index is 12.0. The first-order valence-corrected chi connectivity index (χ1v) is 7.80. The van der Waals surface area contributed by atoms with Crippen LogP contribution in [0.2, 0.25) is 0 Å². The van der Waals surface area contributed by atoms with Crippen molar-refractivity contribution in [3.8, 4) is 0 Å². The predicted octanol–water partition coefficient (Wildman–Crippen LogP) is 2.34. The van der Waals surface area contributed by atoms with Crippen molar-refractivity contribution < 1.29 is 4.79 Å². The second-order valence-corrected chi connectivity index (χ2v) is 5.64. The molecule has 2 N–H and O–H groups in total. The van der Waals surface area contributed by atoms with Gasteiger partial charge in [0, 0.05) is 37.2 Å². The van der Waals surface area contributed by atoms with E-state index in [4.69, 9.17) is 0 Å². The van der Waals surface area contributed by atoms with Gasteiger partial charge in [-0.3, -0.25) is 10.00 Å². The topological polar surface area (TPSA) is 76.8 Å². The molecular weight excluding hydrogens is 304 g/mol. The molecule has 0 saturated heterocycles. The molecule has 7 nitrogen and oxygen atoms in total. The van der Waals surface area contributed by atoms with Crippen LogP contribution < -0.4 is 10.6 Å². The van der Waals surface area contributed by atoms with Gasteiger partial charge in [-0.05, 0) is 12.5 Å². The molecule has 0 aliphatic rings. The number of aromatic nitrogens is 4. The number of amides is 2. The molecule has 0 spiro atoms. The smallest absolute Gasteiger partial charge is 0.320 e. The molecule has 7 heteroatoms. The fourth-order valence-corrected chi connectivity index (χ4v) is 2.42. The van der Waals surface area contributed by atoms with Gasteiger partial charge in [0.15, 0.2) is 5.82 Å². The van der Waals surface area contributed by atoms with Gasteiger partial charge in [-0.1, -0.05) is 30.3 Å². The number of nitrogens with zero attached hydrogens (tertiary/aromatic N) is 4. The van der Waals surface area contributed by atoms with Crippen LogP contribution in [-0.2, 0) is 13.1 Å². The third-order valence-corrected chi connectivity index (χ3v) is 3.49. The first kappa shape index (κ1) is 15.8. The van der Waals surface area contributed by atoms with Crippen LogP contribution >= 0.6 is 0 Å². The zero-order valence-electron chi connectivity index (χ0n) is 13.5. The summed E-state index contributed by atoms with van der Waals surface area (Å²) in [4.78, 5) is 16.0. The van der Waals surface area contributed by atoms with E-state index in [-0.39, 0.29) is 12.1 Å². The highest BCUT2D eigenvalue weighted by Gasteiger charge is 2.09. The molecule has 124 valence electrons. The van der Waals surface area contributed by atoms with E-state index in [1.165, 1.54) is 0 Å². The van der Waals surface area contributed by atoms with Crippen molar-refractivity contribution in [3.63, 3.8) is 0 Å². The van der Waals surface area contributed by atoms with Gasteiger partial charge in [0.25, 0.3) is 0 Å². The van der Waals surface area contributed by atoms with Gasteiger partial charge in [0.05, 0.1) is 12.9 Å². The van der Waals surface area contributed by atoms with E-state index >= 15 is 0 Å². The molecule has 2 amide bonds. The van der Waals surface area contributed by atoms with Gasteiger partial charge in [0.2, 0.25) is 0 Å². The summed E-state index contributed by atoms with van der Waals surface area (Å²) in [6.07, 6.45) is 7.15. The Labute approximate surface area is 140 Å². The highest BCUT2D eigenvalue weighted by atomic mass is 16.2. The first-order valence-electron chi connectivity index (χ1n) is 7.80. The molecule has 0 unspecified atom stereocenters. The number of benzene rings is 1. The van der Waals surface area contributed by atoms with Crippen LogP contribution in [0.15, 0.2) is 61.3 Å². The number of nitrogens with one attached hydrogen (secondary N) is 2. The molecule has 3 rings (SSSR count). The Morgan fingerprint density at radius 2 is 2.04 bits per heavy atom. The minimum atomic E-state index is -0.271. The zero-order chi connectivity index (χ0) is 16.8. The molecule has 0 fully saturated rings. The average Bonchev–Trinajstić information content (AvgIpc) is 3.20. The van der Waals surface area contributed by atoms with Crippen LogP contribution in [0.5, 0.6) is 0 Å². The van der Waals surface area contributed by atoms with Gasteiger partial charge >= 0.3 is 6.03 Å². The van der Waals surface area contributed by atoms with Gasteiger partial charge in [-0.15, -0.1) is 0 Å². The summed E-state index contributed by atoms with van der Waals surface area (Å²) in [5, 5.41) is 9.99. The minimum Gasteiger partial charge on any atom is -0.335 e. The summed E-state index contributed by atoms with van der Waals surface area (Å²) < 4.78 is 3.71. The number of urea groups is 1. The normalized spacial score (nSPS) is 11.9. The van der Waals surface area contributed by atoms with Crippen molar-refractivity contribution in [2.24, 2.45) is 0 Å². The van der Waals surface area contributed by atoms with E-state index in [1.807, 2.05) is 54.2 Å². The average molecular weight is 324 g/mol. The highest BCUT2D eigenvalue weighted by molar-refractivity contribution is 5.88. The minimum absolute atomic E-state index is 0.0226. The van der Waals surface area contributed by atoms with Gasteiger partial charge in [-0.2, -0.15) is 5.10 Å². The lowest BCUT2D eigenvalue weighted by molar-refractivity contribution is 0.248. The summed E-state index contributed by atoms with van der Waals surface area (Å²) in [5.41, 5.74) is 1.16. The maximum Gasteiger partial charge on any atom is 0.320 e. The summed E-state index contributed by atoms with van der Waals surface area (Å²) in [7, 11) is 0. The van der Waals surface area contributed by atoms with E-state index in [9.17, 15) is 4.79 Å². The van der Waals surface area contributed by atoms with E-state index in [0.29, 0.717) is 18.9 Å². The van der Waals surface area contributed by atoms with Crippen molar-refractivity contribution in [1.82, 2.24) is 24.6 Å². The highest BCUT2D eigenvalue weighted by Crippen LogP contribution is 2.06. The summed E-state index contributed by atoms with van der Waals surface area (Å²) in [5.74, 6) is 0.526. The van der Waals surface area contributed by atoms with Crippen LogP contribution in [-0.4, -0.2) is 31.4 Å². The lowest BCUT2D eigenvalue weighted by Crippen LogP contribution is -2.38. The largest absolute Gasteiger partial charge is 0.335 e. The van der Waals surface area contributed by atoms with E-state index in [0.717, 1.165) is 5.56 Å². The van der Waals surface area contributed by atoms with Crippen LogP contribution in [0.3, 0.4) is 0 Å². The Morgan fingerprint density at radius 3 is 2.79 bits per heavy atom. The summed E-state index contributed by atoms with van der Waals surface area (Å²) in [6, 6.07) is 11.5. The third kappa shape index (κ3) is 4.45. The Kier molecular flexibility index (Phi) is 4.90. The Balaban J connectivity index is 1.49. The molecule has 1 atom stereocenters. The van der Waals surface area contributed by atoms with Crippen molar-refractivity contribution in [1.29, 1.82) is 0 Å². The molecule has 0 aliphatic carbocycles. The van der Waals surface area contributed by atoms with Crippen molar-refractivity contribution in [3.05, 3.63) is 66.9 Å². The second kappa shape index (κ2) is 7.45. The van der Waals surface area contributed by atoms with Crippen molar-refractivity contribution in [2.75, 3.05) is 5.32 Å². The number of rotatable bonds is 6. The molecule has 0 bridgehead atoms. The molecule has 24 heavy (non-hydrogen) atoms. The molecule has 0 saturated carbocycles. The Hall–Kier alpha value is -3.09. The maximum atomic E-state index is 12.0. The Bertz CT molecular complexity index is 766. The Morgan fingerprint density at radius 1 is 1.21 bits per heavy atom. The summed E-state index contributed by atoms with van der Waals surface area (Å²) in [6.45, 7) is 3.27. The number of anilines is 1. The van der Waals surface area contributed by atoms with Gasteiger partial charge in [0.1, 0.15) is 0 Å². The lowest BCUT2D eigenvalue weighted by Gasteiger charge is -2.14. The van der Waals surface area contributed by atoms with Crippen molar-refractivity contribution in [2.45, 2.75) is 26.1 Å². The molecular formula is C17H20N6O. The first-order chi connectivity index (χ1) is 11.7. The number of carbonyl (C=O) groups excluding carboxylic acids is 1. The van der Waals surface area contributed by atoms with Crippen molar-refractivity contribution >= 4 is 11.8 Å². The summed E-state index contributed by atoms with van der Waals surface area (Å²) >= 11 is 0. The van der Waals surface area contributed by atoms with E-state index in [2.05, 4.69) is 20.7 Å². The fourth-order valence-electron chi connectivity index (χ4n) is 2.42. The number of imidazole rings is 1. The molecule has 2 aromatic heterocycles. The van der Waals surface area contributed by atoms with Crippen LogP contribution in [0.25, 0.3) is 0 Å². The van der Waals surface area contributed by atoms with Crippen LogP contribution in [0.1, 0.15) is 12.5 Å². The monoisotopic (exact) mass is 324 g/mol. The predicted molar refractivity (Wildman–Crippen MR) is 91.6 cm³/mol. The quantitative estimate of drug-likeness (QED) is 0.730. The standard InChI is InChI=1S/C17H20N6O/c1-14(11-22-10-8-18-13-22)19-17(24)20-16-7-9-23(21-16)12-15-5-3-2-4-6-15/h2-10,13-14H,11-12H2,1H3,(H2,19,20,21,24)/t14-/m1/s1. The van der Waals surface area contributed by atoms with E-state index in [1.54, 1.807) is 23.3 Å². The number of carbonyl (C=O) groups is 1. The van der Waals surface area contributed by atoms with Gasteiger partial charge < -0.3 is 9.88 Å². The number of hydrogen-bond donors (Lipinski definition) is 2. The van der Waals surface area contributed by atoms with E-state index < -0.39 is 0 Å². The second-order valence-electron chi connectivity index (χ2n) is 5.64. The molecule has 1 aromatic carbocycles. The SMILES string of the molecule is C[C@H](Cn1ccnc1)NC(=O)Nc1ccn(Cc2ccccc2)n1. The van der Waals surface area contributed by atoms with Crippen LogP contribution in [0.4, 0.5) is 10.6 Å². The molecule has 0 aliphatic heterocycles. The molecule has 0 radical (unpaired) electrons. The van der Waals surface area contributed by atoms with Gasteiger partial charge in [-0.25, -0.2) is 9.78 Å². The van der Waals surface area contributed by atoms with Crippen LogP contribution in [0, 0.1) is 0 Å². The lowest BCUT2D eigenvalue weighted by atomic mass is 10.2. The zero-order valence-corrected chi connectivity index (χ0v) is 13.5. The molecule has 2 heterocycles. The number of hydrogen-bond acceptors (Lipinski definition) is 3. The fraction of sp³-hybridized carbons (Fsp3) is 0.235. The third-order valence-electron chi connectivity index (χ3n) is 3.49. The molecule has 3 aromatic rings.